The average molecular weight is 341 g/mol. The van der Waals surface area contributed by atoms with Gasteiger partial charge in [-0.2, -0.15) is 0 Å². The molecule has 5 nitrogen and oxygen atoms in total. The van der Waals surface area contributed by atoms with Crippen LogP contribution in [0, 0.1) is 11.3 Å². The Bertz CT molecular complexity index is 644. The van der Waals surface area contributed by atoms with E-state index in [9.17, 15) is 9.59 Å². The summed E-state index contributed by atoms with van der Waals surface area (Å²) in [5, 5.41) is 0. The Morgan fingerprint density at radius 1 is 1.24 bits per heavy atom. The van der Waals surface area contributed by atoms with Gasteiger partial charge in [0.1, 0.15) is 0 Å². The first kappa shape index (κ1) is 16.6. The molecule has 0 bridgehead atoms. The lowest BCUT2D eigenvalue weighted by molar-refractivity contribution is -0.146. The first-order valence-electron chi connectivity index (χ1n) is 9.63. The summed E-state index contributed by atoms with van der Waals surface area (Å²) in [6.07, 6.45) is 8.31. The van der Waals surface area contributed by atoms with Gasteiger partial charge < -0.3 is 9.80 Å². The van der Waals surface area contributed by atoms with E-state index in [1.807, 2.05) is 23.1 Å². The number of hydrogen-bond donors (Lipinski definition) is 0. The van der Waals surface area contributed by atoms with Crippen LogP contribution in [0.2, 0.25) is 0 Å². The number of pyridine rings is 1. The number of aryl methyl sites for hydroxylation is 1. The maximum Gasteiger partial charge on any atom is 0.230 e. The van der Waals surface area contributed by atoms with Gasteiger partial charge in [0.2, 0.25) is 11.8 Å². The molecule has 1 unspecified atom stereocenters. The molecule has 0 N–H and O–H groups in total. The maximum atomic E-state index is 13.0. The first-order chi connectivity index (χ1) is 12.2. The van der Waals surface area contributed by atoms with E-state index in [1.165, 1.54) is 12.8 Å². The Balaban J connectivity index is 1.34. The minimum absolute atomic E-state index is 0.162. The number of amides is 2. The Labute approximate surface area is 149 Å². The van der Waals surface area contributed by atoms with E-state index in [0.717, 1.165) is 50.5 Å². The Hall–Kier alpha value is -1.91. The zero-order valence-electron chi connectivity index (χ0n) is 14.8. The van der Waals surface area contributed by atoms with Crippen molar-refractivity contribution in [1.29, 1.82) is 0 Å². The number of nitrogens with zero attached hydrogens (tertiary/aromatic N) is 3. The largest absolute Gasteiger partial charge is 0.342 e. The van der Waals surface area contributed by atoms with E-state index < -0.39 is 0 Å². The number of hydrogen-bond acceptors (Lipinski definition) is 3. The SMILES string of the molecule is O=C(CCc1ccccn1)N1CCC2(CCCN(CC3CC3)C2=O)C1. The van der Waals surface area contributed by atoms with E-state index >= 15 is 0 Å². The second-order valence-corrected chi connectivity index (χ2v) is 7.96. The number of carbonyl (C=O) groups is 2. The Morgan fingerprint density at radius 2 is 2.12 bits per heavy atom. The summed E-state index contributed by atoms with van der Waals surface area (Å²) >= 11 is 0. The van der Waals surface area contributed by atoms with Gasteiger partial charge >= 0.3 is 0 Å². The van der Waals surface area contributed by atoms with Crippen LogP contribution < -0.4 is 0 Å². The number of likely N-dealkylation sites (tertiary alicyclic amines) is 2. The molecule has 25 heavy (non-hydrogen) atoms. The Morgan fingerprint density at radius 3 is 2.88 bits per heavy atom. The maximum absolute atomic E-state index is 13.0. The monoisotopic (exact) mass is 341 g/mol. The minimum Gasteiger partial charge on any atom is -0.342 e. The van der Waals surface area contributed by atoms with Crippen molar-refractivity contribution in [2.45, 2.75) is 44.9 Å². The highest BCUT2D eigenvalue weighted by Crippen LogP contribution is 2.41. The van der Waals surface area contributed by atoms with Crippen LogP contribution in [0.1, 0.15) is 44.2 Å². The van der Waals surface area contributed by atoms with Crippen LogP contribution in [0.5, 0.6) is 0 Å². The molecular formula is C20H27N3O2. The first-order valence-corrected chi connectivity index (χ1v) is 9.63. The van der Waals surface area contributed by atoms with Crippen molar-refractivity contribution in [3.63, 3.8) is 0 Å². The molecule has 0 radical (unpaired) electrons. The van der Waals surface area contributed by atoms with Gasteiger partial charge in [0, 0.05) is 44.5 Å². The quantitative estimate of drug-likeness (QED) is 0.825. The molecule has 4 rings (SSSR count). The molecule has 2 aliphatic heterocycles. The molecule has 1 spiro atoms. The minimum atomic E-state index is -0.298. The normalized spacial score (nSPS) is 26.5. The van der Waals surface area contributed by atoms with Crippen molar-refractivity contribution < 1.29 is 9.59 Å². The summed E-state index contributed by atoms with van der Waals surface area (Å²) in [7, 11) is 0. The lowest BCUT2D eigenvalue weighted by atomic mass is 9.78. The molecule has 1 atom stereocenters. The lowest BCUT2D eigenvalue weighted by Gasteiger charge is -2.39. The van der Waals surface area contributed by atoms with Gasteiger partial charge in [0.25, 0.3) is 0 Å². The number of carbonyl (C=O) groups excluding carboxylic acids is 2. The molecule has 3 aliphatic rings. The highest BCUT2D eigenvalue weighted by atomic mass is 16.2. The molecule has 3 heterocycles. The third-order valence-corrected chi connectivity index (χ3v) is 6.03. The molecule has 0 aromatic carbocycles. The van der Waals surface area contributed by atoms with E-state index in [4.69, 9.17) is 0 Å². The lowest BCUT2D eigenvalue weighted by Crippen LogP contribution is -2.50. The van der Waals surface area contributed by atoms with Gasteiger partial charge in [-0.1, -0.05) is 6.07 Å². The van der Waals surface area contributed by atoms with Crippen molar-refractivity contribution in [1.82, 2.24) is 14.8 Å². The van der Waals surface area contributed by atoms with Gasteiger partial charge in [-0.05, 0) is 56.6 Å². The van der Waals surface area contributed by atoms with Gasteiger partial charge in [-0.15, -0.1) is 0 Å². The van der Waals surface area contributed by atoms with E-state index in [-0.39, 0.29) is 11.3 Å². The number of rotatable bonds is 5. The predicted octanol–water partition coefficient (Wildman–Crippen LogP) is 2.27. The van der Waals surface area contributed by atoms with Crippen LogP contribution in [0.15, 0.2) is 24.4 Å². The van der Waals surface area contributed by atoms with Crippen LogP contribution in [0.25, 0.3) is 0 Å². The van der Waals surface area contributed by atoms with Crippen LogP contribution in [0.3, 0.4) is 0 Å². The van der Waals surface area contributed by atoms with Crippen molar-refractivity contribution in [2.24, 2.45) is 11.3 Å². The van der Waals surface area contributed by atoms with Crippen LogP contribution in [-0.4, -0.2) is 52.8 Å². The van der Waals surface area contributed by atoms with Gasteiger partial charge in [-0.25, -0.2) is 0 Å². The van der Waals surface area contributed by atoms with Crippen molar-refractivity contribution in [3.05, 3.63) is 30.1 Å². The molecule has 1 aliphatic carbocycles. The predicted molar refractivity (Wildman–Crippen MR) is 94.7 cm³/mol. The summed E-state index contributed by atoms with van der Waals surface area (Å²) in [6, 6.07) is 5.80. The van der Waals surface area contributed by atoms with Crippen molar-refractivity contribution >= 4 is 11.8 Å². The number of aromatic nitrogens is 1. The highest BCUT2D eigenvalue weighted by molar-refractivity contribution is 5.86. The molecule has 5 heteroatoms. The van der Waals surface area contributed by atoms with Gasteiger partial charge in [0.15, 0.2) is 0 Å². The fourth-order valence-corrected chi connectivity index (χ4v) is 4.34. The van der Waals surface area contributed by atoms with E-state index in [2.05, 4.69) is 9.88 Å². The molecule has 3 fully saturated rings. The summed E-state index contributed by atoms with van der Waals surface area (Å²) in [6.45, 7) is 3.19. The third kappa shape index (κ3) is 3.55. The molecule has 134 valence electrons. The number of piperidine rings is 1. The highest BCUT2D eigenvalue weighted by Gasteiger charge is 2.49. The standard InChI is InChI=1S/C20H27N3O2/c24-18(8-7-17-4-1-2-11-21-17)23-13-10-20(15-23)9-3-12-22(19(20)25)14-16-5-6-16/h1-2,4,11,16H,3,5-10,12-15H2. The fraction of sp³-hybridized carbons (Fsp3) is 0.650. The van der Waals surface area contributed by atoms with Crippen molar-refractivity contribution in [3.8, 4) is 0 Å². The van der Waals surface area contributed by atoms with E-state index in [0.29, 0.717) is 25.3 Å². The molecule has 1 aromatic rings. The van der Waals surface area contributed by atoms with Gasteiger partial charge in [0.05, 0.1) is 5.41 Å². The molecular weight excluding hydrogens is 314 g/mol. The molecule has 2 amide bonds. The summed E-state index contributed by atoms with van der Waals surface area (Å²) in [5.74, 6) is 1.21. The van der Waals surface area contributed by atoms with Crippen LogP contribution in [-0.2, 0) is 16.0 Å². The summed E-state index contributed by atoms with van der Waals surface area (Å²) in [5.41, 5.74) is 0.655. The molecule has 1 saturated carbocycles. The van der Waals surface area contributed by atoms with Gasteiger partial charge in [-0.3, -0.25) is 14.6 Å². The third-order valence-electron chi connectivity index (χ3n) is 6.03. The van der Waals surface area contributed by atoms with E-state index in [1.54, 1.807) is 6.20 Å². The molecule has 2 saturated heterocycles. The smallest absolute Gasteiger partial charge is 0.230 e. The topological polar surface area (TPSA) is 53.5 Å². The summed E-state index contributed by atoms with van der Waals surface area (Å²) < 4.78 is 0. The Kier molecular flexibility index (Phi) is 4.48. The second kappa shape index (κ2) is 6.77. The fourth-order valence-electron chi connectivity index (χ4n) is 4.34. The molecule has 1 aromatic heterocycles. The zero-order valence-corrected chi connectivity index (χ0v) is 14.8. The average Bonchev–Trinajstić information content (AvgIpc) is 3.35. The van der Waals surface area contributed by atoms with Crippen LogP contribution in [0.4, 0.5) is 0 Å². The second-order valence-electron chi connectivity index (χ2n) is 7.96. The zero-order chi connectivity index (χ0) is 17.3. The van der Waals surface area contributed by atoms with Crippen molar-refractivity contribution in [2.75, 3.05) is 26.2 Å². The summed E-state index contributed by atoms with van der Waals surface area (Å²) in [4.78, 5) is 33.9. The van der Waals surface area contributed by atoms with Crippen LogP contribution >= 0.6 is 0 Å².